The van der Waals surface area contributed by atoms with Crippen LogP contribution in [-0.4, -0.2) is 8.80 Å². The molecule has 6 aromatic heterocycles. The molecule has 0 aliphatic carbocycles. The minimum atomic E-state index is 0.810. The number of anilines is 6. The summed E-state index contributed by atoms with van der Waals surface area (Å²) in [7, 11) is 0. The van der Waals surface area contributed by atoms with Gasteiger partial charge in [0, 0.05) is 98.4 Å². The topological polar surface area (TPSA) is 41.6 Å². The predicted octanol–water partition coefficient (Wildman–Crippen LogP) is 25.7. The minimum Gasteiger partial charge on any atom is -0.459 e. The highest BCUT2D eigenvalue weighted by Gasteiger charge is 2.33. The molecule has 20 aromatic rings. The molecular weight excluding hydrogens is 1180 g/mol. The zero-order valence-electron chi connectivity index (χ0n) is 52.9. The summed E-state index contributed by atoms with van der Waals surface area (Å²) in [5.41, 5.74) is 25.6. The summed E-state index contributed by atoms with van der Waals surface area (Å²) >= 11 is 0. The van der Waals surface area contributed by atoms with Gasteiger partial charge in [0.2, 0.25) is 0 Å². The van der Waals surface area contributed by atoms with Crippen LogP contribution in [0.15, 0.2) is 331 Å². The molecule has 14 aromatic carbocycles. The van der Waals surface area contributed by atoms with Gasteiger partial charge in [-0.25, -0.2) is 0 Å². The van der Waals surface area contributed by atoms with Gasteiger partial charge < -0.3 is 27.4 Å². The Morgan fingerprint density at radius 2 is 0.732 bits per heavy atom. The highest BCUT2D eigenvalue weighted by atomic mass is 16.3. The number of nitrogens with zero attached hydrogens (tertiary/aromatic N) is 4. The van der Waals surface area contributed by atoms with Crippen LogP contribution in [0.5, 0.6) is 0 Å². The molecule has 0 atom stereocenters. The van der Waals surface area contributed by atoms with Crippen LogP contribution in [0.1, 0.15) is 11.3 Å². The number of hydrogen-bond donors (Lipinski definition) is 0. The predicted molar refractivity (Wildman–Crippen MR) is 408 cm³/mol. The number of furan rings is 2. The summed E-state index contributed by atoms with van der Waals surface area (Å²) in [6.45, 7) is 6.06. The summed E-state index contributed by atoms with van der Waals surface area (Å²) in [6.07, 6.45) is 5.90. The Bertz CT molecular complexity index is 6590. The fourth-order valence-corrected chi connectivity index (χ4v) is 16.3. The van der Waals surface area contributed by atoms with Gasteiger partial charge in [-0.15, -0.1) is 0 Å². The molecule has 6 heteroatoms. The van der Waals surface area contributed by atoms with Crippen molar-refractivity contribution in [3.63, 3.8) is 0 Å². The van der Waals surface area contributed by atoms with Crippen LogP contribution >= 0.6 is 0 Å². The van der Waals surface area contributed by atoms with Crippen molar-refractivity contribution in [2.45, 2.75) is 6.92 Å². The Kier molecular flexibility index (Phi) is 12.0. The molecule has 0 fully saturated rings. The first kappa shape index (κ1) is 54.6. The van der Waals surface area contributed by atoms with E-state index in [0.29, 0.717) is 0 Å². The van der Waals surface area contributed by atoms with E-state index in [2.05, 4.69) is 341 Å². The highest BCUT2D eigenvalue weighted by Crippen LogP contribution is 2.56. The van der Waals surface area contributed by atoms with Crippen LogP contribution in [0.25, 0.3) is 160 Å². The van der Waals surface area contributed by atoms with Gasteiger partial charge >= 0.3 is 0 Å². The van der Waals surface area contributed by atoms with Gasteiger partial charge in [0.25, 0.3) is 0 Å². The number of fused-ring (bicyclic) bond motifs is 16. The first-order valence-electron chi connectivity index (χ1n) is 33.2. The van der Waals surface area contributed by atoms with E-state index in [-0.39, 0.29) is 0 Å². The quantitative estimate of drug-likeness (QED) is 0.114. The average molecular weight is 1240 g/mol. The summed E-state index contributed by atoms with van der Waals surface area (Å²) in [6, 6.07) is 111. The van der Waals surface area contributed by atoms with E-state index < -0.39 is 0 Å². The zero-order valence-corrected chi connectivity index (χ0v) is 52.9. The maximum atomic E-state index is 6.97. The molecule has 97 heavy (non-hydrogen) atoms. The van der Waals surface area contributed by atoms with Gasteiger partial charge in [-0.05, 0) is 83.8 Å². The number of para-hydroxylation sites is 7. The molecule has 454 valence electrons. The normalized spacial score (nSPS) is 12.2. The third-order valence-electron chi connectivity index (χ3n) is 20.3. The molecule has 0 unspecified atom stereocenters. The summed E-state index contributed by atoms with van der Waals surface area (Å²) in [5.74, 6) is 0.844. The van der Waals surface area contributed by atoms with Crippen LogP contribution in [0.2, 0.25) is 0 Å². The van der Waals surface area contributed by atoms with E-state index >= 15 is 0 Å². The molecule has 6 nitrogen and oxygen atoms in total. The largest absolute Gasteiger partial charge is 0.459 e. The van der Waals surface area contributed by atoms with E-state index in [0.717, 1.165) is 128 Å². The van der Waals surface area contributed by atoms with Crippen molar-refractivity contribution in [3.8, 4) is 44.5 Å². The number of aromatic nitrogens is 2. The Balaban J connectivity index is 0.919. The Morgan fingerprint density at radius 1 is 0.330 bits per heavy atom. The third kappa shape index (κ3) is 7.96. The SMILES string of the molecule is C=C/C=C\c1c(C)oc2c(N(c3ccc4c5cccc6c7c(-c8ccccc8)c8c(c(-c9ccccc9)c7n(c4c3)c56)c3cccc4c5ccc(N(c6ccccc6-c6ccccc6)c6cccc7c6oc6ccccc67)cc5n8c43)c3ccccc3-c3ccccc3)cccc12. The maximum Gasteiger partial charge on any atom is 0.159 e. The average Bonchev–Trinajstić information content (AvgIpc) is 1.50. The van der Waals surface area contributed by atoms with Crippen molar-refractivity contribution in [1.82, 2.24) is 8.80 Å². The second-order valence-electron chi connectivity index (χ2n) is 25.4. The van der Waals surface area contributed by atoms with Crippen molar-refractivity contribution >= 4 is 149 Å². The number of rotatable bonds is 12. The first-order chi connectivity index (χ1) is 48.1. The summed E-state index contributed by atoms with van der Waals surface area (Å²) < 4.78 is 19.1. The van der Waals surface area contributed by atoms with E-state index in [4.69, 9.17) is 8.83 Å². The molecule has 0 N–H and O–H groups in total. The Labute approximate surface area is 558 Å². The van der Waals surface area contributed by atoms with Crippen molar-refractivity contribution in [3.05, 3.63) is 333 Å². The molecule has 6 heterocycles. The molecular formula is C91H58N4O2. The highest BCUT2D eigenvalue weighted by molar-refractivity contribution is 6.38. The second kappa shape index (κ2) is 21.3. The molecule has 0 saturated carbocycles. The van der Waals surface area contributed by atoms with Crippen LogP contribution < -0.4 is 9.80 Å². The number of benzene rings is 14. The van der Waals surface area contributed by atoms with Crippen LogP contribution in [0.4, 0.5) is 34.1 Å². The standard InChI is InChI=1S/C91H58N4O2/c1-3-4-35-63-56(2)96-90-71(63)41-25-47-77(90)92(75-45-20-17-36-64(75)57-27-9-5-10-28-57)61-50-52-66-69-39-23-43-73-84-83(60-33-15-8-16-34-60)89-85(82(59-31-13-7-14-32-59)88(84)94(86(69)73)79(66)54-61)74-44-24-40-70-67-53-51-62(55-80(67)95(89)87(70)74)93(76-46-21-18-37-65(76)58-29-11-6-12-30-58)78-48-26-42-72-68-38-19-22-49-81(68)97-91(72)78/h3-55H,1H2,2H3/b35-4-. The summed E-state index contributed by atoms with van der Waals surface area (Å²) in [4.78, 5) is 4.84. The van der Waals surface area contributed by atoms with E-state index in [1.54, 1.807) is 0 Å². The van der Waals surface area contributed by atoms with Crippen molar-refractivity contribution in [1.29, 1.82) is 0 Å². The molecule has 0 aliphatic heterocycles. The third-order valence-corrected chi connectivity index (χ3v) is 20.3. The maximum absolute atomic E-state index is 6.97. The lowest BCUT2D eigenvalue weighted by atomic mass is 9.89. The van der Waals surface area contributed by atoms with E-state index in [1.165, 1.54) is 70.8 Å². The van der Waals surface area contributed by atoms with Gasteiger partial charge in [0.15, 0.2) is 11.2 Å². The molecule has 0 amide bonds. The second-order valence-corrected chi connectivity index (χ2v) is 25.4. The van der Waals surface area contributed by atoms with Crippen molar-refractivity contribution in [2.75, 3.05) is 9.80 Å². The van der Waals surface area contributed by atoms with E-state index in [1.807, 2.05) is 12.2 Å². The molecule has 0 saturated heterocycles. The van der Waals surface area contributed by atoms with Gasteiger partial charge in [-0.2, -0.15) is 0 Å². The number of aryl methyl sites for hydroxylation is 1. The lowest BCUT2D eigenvalue weighted by molar-refractivity contribution is 0.578. The molecule has 0 bridgehead atoms. The van der Waals surface area contributed by atoms with E-state index in [9.17, 15) is 0 Å². The molecule has 0 aliphatic rings. The van der Waals surface area contributed by atoms with Crippen molar-refractivity contribution < 1.29 is 8.83 Å². The number of hydrogen-bond acceptors (Lipinski definition) is 4. The molecule has 0 spiro atoms. The lowest BCUT2D eigenvalue weighted by Gasteiger charge is -2.28. The summed E-state index contributed by atoms with van der Waals surface area (Å²) in [5, 5.41) is 12.7. The van der Waals surface area contributed by atoms with Gasteiger partial charge in [-0.3, -0.25) is 0 Å². The molecule has 20 rings (SSSR count). The number of allylic oxidation sites excluding steroid dienone is 2. The lowest BCUT2D eigenvalue weighted by Crippen LogP contribution is -2.11. The Hall–Kier alpha value is -12.9. The zero-order chi connectivity index (χ0) is 64.0. The first-order valence-corrected chi connectivity index (χ1v) is 33.2. The van der Waals surface area contributed by atoms with Crippen LogP contribution in [0, 0.1) is 6.92 Å². The Morgan fingerprint density at radius 3 is 1.25 bits per heavy atom. The minimum absolute atomic E-state index is 0.810. The monoisotopic (exact) mass is 1240 g/mol. The van der Waals surface area contributed by atoms with Crippen molar-refractivity contribution in [2.24, 2.45) is 0 Å². The van der Waals surface area contributed by atoms with Gasteiger partial charge in [-0.1, -0.05) is 274 Å². The van der Waals surface area contributed by atoms with Gasteiger partial charge in [0.05, 0.1) is 55.8 Å². The van der Waals surface area contributed by atoms with Crippen LogP contribution in [-0.2, 0) is 0 Å². The van der Waals surface area contributed by atoms with Crippen LogP contribution in [0.3, 0.4) is 0 Å². The fraction of sp³-hybridized carbons (Fsp3) is 0.0110. The molecule has 0 radical (unpaired) electrons. The fourth-order valence-electron chi connectivity index (χ4n) is 16.3. The smallest absolute Gasteiger partial charge is 0.159 e. The van der Waals surface area contributed by atoms with Gasteiger partial charge in [0.1, 0.15) is 11.3 Å².